The van der Waals surface area contributed by atoms with E-state index in [1.807, 2.05) is 0 Å². The topological polar surface area (TPSA) is 78.7 Å². The van der Waals surface area contributed by atoms with Crippen molar-refractivity contribution in [3.8, 4) is 5.75 Å². The van der Waals surface area contributed by atoms with Crippen molar-refractivity contribution in [2.24, 2.45) is 0 Å². The van der Waals surface area contributed by atoms with Crippen molar-refractivity contribution in [3.05, 3.63) is 33.9 Å². The number of nitrogens with zero attached hydrogens (tertiary/aromatic N) is 1. The maximum atomic E-state index is 11.4. The van der Waals surface area contributed by atoms with Gasteiger partial charge in [0.25, 0.3) is 5.69 Å². The van der Waals surface area contributed by atoms with Crippen LogP contribution in [-0.4, -0.2) is 36.9 Å². The predicted molar refractivity (Wildman–Crippen MR) is 109 cm³/mol. The number of non-ortho nitro benzene ring substituents is 1. The highest BCUT2D eigenvalue weighted by Gasteiger charge is 2.36. The smallest absolute Gasteiger partial charge is 0.273 e. The van der Waals surface area contributed by atoms with E-state index >= 15 is 0 Å². The molecule has 6 nitrogen and oxygen atoms in total. The van der Waals surface area contributed by atoms with E-state index in [4.69, 9.17) is 9.16 Å². The summed E-state index contributed by atoms with van der Waals surface area (Å²) >= 11 is 0. The van der Waals surface area contributed by atoms with Gasteiger partial charge in [0.15, 0.2) is 8.32 Å². The molecule has 0 aliphatic rings. The maximum Gasteiger partial charge on any atom is 0.273 e. The van der Waals surface area contributed by atoms with Crippen LogP contribution in [0.25, 0.3) is 0 Å². The first kappa shape index (κ1) is 22.8. The van der Waals surface area contributed by atoms with Gasteiger partial charge in [-0.15, -0.1) is 0 Å². The minimum absolute atomic E-state index is 0.0378. The minimum atomic E-state index is -1.72. The Labute approximate surface area is 160 Å². The van der Waals surface area contributed by atoms with E-state index in [1.54, 1.807) is 12.3 Å². The van der Waals surface area contributed by atoms with Gasteiger partial charge in [0, 0.05) is 35.5 Å². The Hall–Kier alpha value is -1.25. The standard InChI is InChI=1S/C18H31NO5SSi/c1-18(2,3)26(5,6)24-10-8-7-9-23-17-12-15(14-25(4)22)11-16(13-17)19(20)21/h11-13H,7-10,14H2,1-6H3. The Kier molecular flexibility index (Phi) is 8.43. The third-order valence-corrected chi connectivity index (χ3v) is 9.89. The highest BCUT2D eigenvalue weighted by Crippen LogP contribution is 2.36. The zero-order valence-electron chi connectivity index (χ0n) is 16.7. The Morgan fingerprint density at radius 3 is 2.31 bits per heavy atom. The average Bonchev–Trinajstić information content (AvgIpc) is 2.48. The van der Waals surface area contributed by atoms with Gasteiger partial charge in [0.1, 0.15) is 5.75 Å². The molecule has 0 heterocycles. The molecule has 0 N–H and O–H groups in total. The molecule has 1 rings (SSSR count). The van der Waals surface area contributed by atoms with Crippen LogP contribution in [0.3, 0.4) is 0 Å². The normalized spacial score (nSPS) is 13.5. The van der Waals surface area contributed by atoms with Gasteiger partial charge in [0.2, 0.25) is 0 Å². The largest absolute Gasteiger partial charge is 0.493 e. The fourth-order valence-electron chi connectivity index (χ4n) is 2.09. The van der Waals surface area contributed by atoms with Gasteiger partial charge < -0.3 is 9.16 Å². The number of rotatable bonds is 10. The minimum Gasteiger partial charge on any atom is -0.493 e. The first-order valence-electron chi connectivity index (χ1n) is 8.77. The first-order chi connectivity index (χ1) is 11.9. The van der Waals surface area contributed by atoms with Gasteiger partial charge in [0.05, 0.1) is 17.6 Å². The van der Waals surface area contributed by atoms with Crippen molar-refractivity contribution in [2.75, 3.05) is 19.5 Å². The summed E-state index contributed by atoms with van der Waals surface area (Å²) in [6.45, 7) is 12.3. The van der Waals surface area contributed by atoms with E-state index in [-0.39, 0.29) is 16.5 Å². The molecular weight excluding hydrogens is 370 g/mol. The van der Waals surface area contributed by atoms with Crippen molar-refractivity contribution in [1.29, 1.82) is 0 Å². The van der Waals surface area contributed by atoms with Crippen LogP contribution in [0.2, 0.25) is 18.1 Å². The molecule has 0 bridgehead atoms. The van der Waals surface area contributed by atoms with Crippen molar-refractivity contribution < 1.29 is 18.3 Å². The molecular formula is C18H31NO5SSi. The molecule has 0 saturated heterocycles. The summed E-state index contributed by atoms with van der Waals surface area (Å²) in [5.41, 5.74) is 0.612. The number of ether oxygens (including phenoxy) is 1. The Bertz CT molecular complexity index is 643. The van der Waals surface area contributed by atoms with E-state index in [0.717, 1.165) is 12.8 Å². The third kappa shape index (κ3) is 7.55. The van der Waals surface area contributed by atoms with Crippen LogP contribution in [0.4, 0.5) is 5.69 Å². The molecule has 0 saturated carbocycles. The monoisotopic (exact) mass is 401 g/mol. The van der Waals surface area contributed by atoms with E-state index in [9.17, 15) is 14.3 Å². The second-order valence-corrected chi connectivity index (χ2v) is 14.2. The van der Waals surface area contributed by atoms with Gasteiger partial charge in [-0.1, -0.05) is 20.8 Å². The zero-order chi connectivity index (χ0) is 20.0. The first-order valence-corrected chi connectivity index (χ1v) is 13.4. The summed E-state index contributed by atoms with van der Waals surface area (Å²) in [5.74, 6) is 0.725. The molecule has 0 aromatic heterocycles. The lowest BCUT2D eigenvalue weighted by Crippen LogP contribution is -2.41. The molecule has 0 amide bonds. The lowest BCUT2D eigenvalue weighted by molar-refractivity contribution is -0.385. The molecule has 0 aliphatic heterocycles. The van der Waals surface area contributed by atoms with Crippen molar-refractivity contribution >= 4 is 24.8 Å². The molecule has 0 fully saturated rings. The highest BCUT2D eigenvalue weighted by molar-refractivity contribution is 7.83. The lowest BCUT2D eigenvalue weighted by atomic mass is 10.2. The lowest BCUT2D eigenvalue weighted by Gasteiger charge is -2.36. The SMILES string of the molecule is CS(=O)Cc1cc(OCCCCO[Si](C)(C)C(C)(C)C)cc([N+](=O)[O-])c1. The molecule has 148 valence electrons. The van der Waals surface area contributed by atoms with Crippen LogP contribution in [0.5, 0.6) is 5.75 Å². The average molecular weight is 402 g/mol. The van der Waals surface area contributed by atoms with Crippen LogP contribution in [0.1, 0.15) is 39.2 Å². The summed E-state index contributed by atoms with van der Waals surface area (Å²) in [6.07, 6.45) is 3.27. The Morgan fingerprint density at radius 1 is 1.15 bits per heavy atom. The van der Waals surface area contributed by atoms with Crippen molar-refractivity contribution in [3.63, 3.8) is 0 Å². The van der Waals surface area contributed by atoms with Crippen LogP contribution >= 0.6 is 0 Å². The molecule has 26 heavy (non-hydrogen) atoms. The van der Waals surface area contributed by atoms with E-state index in [0.29, 0.717) is 24.5 Å². The molecule has 1 aromatic carbocycles. The number of unbranched alkanes of at least 4 members (excludes halogenated alkanes) is 1. The summed E-state index contributed by atoms with van der Waals surface area (Å²) in [4.78, 5) is 10.6. The summed E-state index contributed by atoms with van der Waals surface area (Å²) in [6, 6.07) is 4.58. The van der Waals surface area contributed by atoms with E-state index < -0.39 is 24.0 Å². The van der Waals surface area contributed by atoms with Gasteiger partial charge >= 0.3 is 0 Å². The second-order valence-electron chi connectivity index (χ2n) is 7.97. The zero-order valence-corrected chi connectivity index (χ0v) is 18.5. The second kappa shape index (κ2) is 9.62. The number of hydrogen-bond donors (Lipinski definition) is 0. The quantitative estimate of drug-likeness (QED) is 0.247. The van der Waals surface area contributed by atoms with Crippen LogP contribution in [0.15, 0.2) is 18.2 Å². The van der Waals surface area contributed by atoms with Gasteiger partial charge in [-0.3, -0.25) is 14.3 Å². The van der Waals surface area contributed by atoms with Crippen LogP contribution in [0, 0.1) is 10.1 Å². The fraction of sp³-hybridized carbons (Fsp3) is 0.667. The third-order valence-electron chi connectivity index (χ3n) is 4.61. The van der Waals surface area contributed by atoms with Crippen LogP contribution in [-0.2, 0) is 21.0 Å². The number of nitro groups is 1. The van der Waals surface area contributed by atoms with E-state index in [1.165, 1.54) is 12.1 Å². The summed E-state index contributed by atoms with van der Waals surface area (Å²) < 4.78 is 23.2. The van der Waals surface area contributed by atoms with Crippen molar-refractivity contribution in [1.82, 2.24) is 0 Å². The van der Waals surface area contributed by atoms with Gasteiger partial charge in [-0.25, -0.2) is 0 Å². The predicted octanol–water partition coefficient (Wildman–Crippen LogP) is 4.65. The number of nitro benzene ring substituents is 1. The molecule has 8 heteroatoms. The Morgan fingerprint density at radius 2 is 1.77 bits per heavy atom. The molecule has 1 atom stereocenters. The highest BCUT2D eigenvalue weighted by atomic mass is 32.2. The molecule has 1 aromatic rings. The van der Waals surface area contributed by atoms with Gasteiger partial charge in [-0.05, 0) is 42.6 Å². The molecule has 0 aliphatic carbocycles. The Balaban J connectivity index is 2.51. The van der Waals surface area contributed by atoms with Crippen LogP contribution < -0.4 is 4.74 Å². The van der Waals surface area contributed by atoms with Crippen molar-refractivity contribution in [2.45, 2.75) is 57.5 Å². The maximum absolute atomic E-state index is 11.4. The molecule has 1 unspecified atom stereocenters. The number of hydrogen-bond acceptors (Lipinski definition) is 5. The summed E-state index contributed by atoms with van der Waals surface area (Å²) in [5, 5.41) is 11.2. The van der Waals surface area contributed by atoms with E-state index in [2.05, 4.69) is 33.9 Å². The molecule has 0 radical (unpaired) electrons. The molecule has 0 spiro atoms. The van der Waals surface area contributed by atoms with Gasteiger partial charge in [-0.2, -0.15) is 0 Å². The number of benzene rings is 1. The fourth-order valence-corrected chi connectivity index (χ4v) is 3.81. The summed E-state index contributed by atoms with van der Waals surface area (Å²) in [7, 11) is -2.78.